The number of carbonyl (C=O) groups excluding carboxylic acids is 1. The summed E-state index contributed by atoms with van der Waals surface area (Å²) in [5.74, 6) is 0. The van der Waals surface area contributed by atoms with Crippen LogP contribution in [0.15, 0.2) is 12.1 Å². The average molecular weight is 382 g/mol. The van der Waals surface area contributed by atoms with Gasteiger partial charge in [-0.05, 0) is 39.3 Å². The van der Waals surface area contributed by atoms with Gasteiger partial charge in [0.1, 0.15) is 5.60 Å². The lowest BCUT2D eigenvalue weighted by Gasteiger charge is -2.22. The number of hydrogen-bond donors (Lipinski definition) is 2. The van der Waals surface area contributed by atoms with Crippen molar-refractivity contribution in [3.8, 4) is 0 Å². The van der Waals surface area contributed by atoms with Gasteiger partial charge in [-0.15, -0.1) is 0 Å². The van der Waals surface area contributed by atoms with Crippen molar-refractivity contribution in [3.63, 3.8) is 0 Å². The standard InChI is InChI=1S/C16H23Cl3N2O2/c1-5-10(8-21-15(22)23-16(2,3)4)20-9-11-12(17)6-7-13(18)14(11)19/h6-7,10,20H,5,8-9H2,1-4H3,(H,21,22). The van der Waals surface area contributed by atoms with Gasteiger partial charge in [0.15, 0.2) is 0 Å². The van der Waals surface area contributed by atoms with Crippen molar-refractivity contribution in [1.82, 2.24) is 10.6 Å². The van der Waals surface area contributed by atoms with Crippen LogP contribution in [0.4, 0.5) is 4.79 Å². The number of benzene rings is 1. The average Bonchev–Trinajstić information content (AvgIpc) is 2.44. The minimum atomic E-state index is -0.513. The highest BCUT2D eigenvalue weighted by Crippen LogP contribution is 2.31. The van der Waals surface area contributed by atoms with Crippen LogP contribution in [0.25, 0.3) is 0 Å². The van der Waals surface area contributed by atoms with Gasteiger partial charge in [0.05, 0.1) is 10.0 Å². The first kappa shape index (κ1) is 20.4. The zero-order chi connectivity index (χ0) is 17.6. The van der Waals surface area contributed by atoms with Gasteiger partial charge in [-0.25, -0.2) is 4.79 Å². The molecular formula is C16H23Cl3N2O2. The molecule has 0 fully saturated rings. The second-order valence-electron chi connectivity index (χ2n) is 6.19. The maximum absolute atomic E-state index is 11.7. The van der Waals surface area contributed by atoms with Crippen molar-refractivity contribution in [2.75, 3.05) is 6.54 Å². The van der Waals surface area contributed by atoms with Crippen LogP contribution in [0, 0.1) is 0 Å². The molecule has 0 radical (unpaired) electrons. The van der Waals surface area contributed by atoms with Crippen LogP contribution in [0.3, 0.4) is 0 Å². The fourth-order valence-corrected chi connectivity index (χ4v) is 2.54. The number of carbonyl (C=O) groups is 1. The molecular weight excluding hydrogens is 359 g/mol. The summed E-state index contributed by atoms with van der Waals surface area (Å²) in [6, 6.07) is 3.44. The summed E-state index contributed by atoms with van der Waals surface area (Å²) < 4.78 is 5.21. The zero-order valence-electron chi connectivity index (χ0n) is 13.8. The Hall–Kier alpha value is -0.680. The monoisotopic (exact) mass is 380 g/mol. The fraction of sp³-hybridized carbons (Fsp3) is 0.562. The van der Waals surface area contributed by atoms with Gasteiger partial charge in [-0.2, -0.15) is 0 Å². The molecule has 7 heteroatoms. The van der Waals surface area contributed by atoms with Gasteiger partial charge in [0, 0.05) is 29.7 Å². The fourth-order valence-electron chi connectivity index (χ4n) is 1.86. The van der Waals surface area contributed by atoms with Gasteiger partial charge in [0.2, 0.25) is 0 Å². The molecule has 1 rings (SSSR count). The summed E-state index contributed by atoms with van der Waals surface area (Å²) in [6.45, 7) is 8.41. The van der Waals surface area contributed by atoms with E-state index in [4.69, 9.17) is 39.5 Å². The first-order valence-electron chi connectivity index (χ1n) is 7.46. The number of alkyl carbamates (subject to hydrolysis) is 1. The van der Waals surface area contributed by atoms with E-state index in [-0.39, 0.29) is 6.04 Å². The Morgan fingerprint density at radius 1 is 1.22 bits per heavy atom. The van der Waals surface area contributed by atoms with E-state index in [0.29, 0.717) is 28.2 Å². The van der Waals surface area contributed by atoms with E-state index in [1.165, 1.54) is 0 Å². The Balaban J connectivity index is 2.55. The molecule has 0 spiro atoms. The molecule has 130 valence electrons. The van der Waals surface area contributed by atoms with Crippen molar-refractivity contribution in [2.24, 2.45) is 0 Å². The molecule has 4 nitrogen and oxygen atoms in total. The number of rotatable bonds is 6. The quantitative estimate of drug-likeness (QED) is 0.679. The number of halogens is 3. The lowest BCUT2D eigenvalue weighted by Crippen LogP contribution is -2.42. The minimum Gasteiger partial charge on any atom is -0.444 e. The van der Waals surface area contributed by atoms with Crippen molar-refractivity contribution in [1.29, 1.82) is 0 Å². The highest BCUT2D eigenvalue weighted by atomic mass is 35.5. The lowest BCUT2D eigenvalue weighted by atomic mass is 10.1. The van der Waals surface area contributed by atoms with Crippen molar-refractivity contribution >= 4 is 40.9 Å². The molecule has 1 aromatic rings. The number of ether oxygens (including phenoxy) is 1. The molecule has 1 amide bonds. The molecule has 0 saturated heterocycles. The highest BCUT2D eigenvalue weighted by molar-refractivity contribution is 6.44. The number of hydrogen-bond acceptors (Lipinski definition) is 3. The van der Waals surface area contributed by atoms with Crippen LogP contribution in [0.2, 0.25) is 15.1 Å². The summed E-state index contributed by atoms with van der Waals surface area (Å²) in [5.41, 5.74) is 0.234. The third kappa shape index (κ3) is 7.17. The van der Waals surface area contributed by atoms with Gasteiger partial charge >= 0.3 is 6.09 Å². The molecule has 0 heterocycles. The van der Waals surface area contributed by atoms with E-state index >= 15 is 0 Å². The third-order valence-electron chi connectivity index (χ3n) is 3.09. The minimum absolute atomic E-state index is 0.0635. The molecule has 0 bridgehead atoms. The Morgan fingerprint density at radius 2 is 1.83 bits per heavy atom. The van der Waals surface area contributed by atoms with Gasteiger partial charge in [-0.1, -0.05) is 41.7 Å². The first-order valence-corrected chi connectivity index (χ1v) is 8.60. The van der Waals surface area contributed by atoms with E-state index in [9.17, 15) is 4.79 Å². The van der Waals surface area contributed by atoms with Crippen LogP contribution in [0.5, 0.6) is 0 Å². The first-order chi connectivity index (χ1) is 10.6. The van der Waals surface area contributed by atoms with Crippen LogP contribution in [-0.4, -0.2) is 24.3 Å². The molecule has 0 aliphatic carbocycles. The smallest absolute Gasteiger partial charge is 0.407 e. The molecule has 23 heavy (non-hydrogen) atoms. The van der Waals surface area contributed by atoms with E-state index < -0.39 is 11.7 Å². The summed E-state index contributed by atoms with van der Waals surface area (Å²) in [5, 5.41) is 7.54. The van der Waals surface area contributed by atoms with E-state index in [0.717, 1.165) is 12.0 Å². The maximum atomic E-state index is 11.7. The topological polar surface area (TPSA) is 50.4 Å². The largest absolute Gasteiger partial charge is 0.444 e. The third-order valence-corrected chi connectivity index (χ3v) is 4.29. The second-order valence-corrected chi connectivity index (χ2v) is 7.38. The molecule has 1 unspecified atom stereocenters. The Labute approximate surface area is 152 Å². The molecule has 0 aliphatic heterocycles. The number of amides is 1. The van der Waals surface area contributed by atoms with Gasteiger partial charge in [0.25, 0.3) is 0 Å². The maximum Gasteiger partial charge on any atom is 0.407 e. The summed E-state index contributed by atoms with van der Waals surface area (Å²) in [7, 11) is 0. The zero-order valence-corrected chi connectivity index (χ0v) is 16.1. The molecule has 2 N–H and O–H groups in total. The van der Waals surface area contributed by atoms with Crippen molar-refractivity contribution < 1.29 is 9.53 Å². The van der Waals surface area contributed by atoms with Crippen LogP contribution >= 0.6 is 34.8 Å². The molecule has 0 aromatic heterocycles. The predicted octanol–water partition coefficient (Wildman–Crippen LogP) is 5.04. The Morgan fingerprint density at radius 3 is 2.39 bits per heavy atom. The van der Waals surface area contributed by atoms with Gasteiger partial charge < -0.3 is 15.4 Å². The normalized spacial score (nSPS) is 12.8. The number of nitrogens with one attached hydrogen (secondary N) is 2. The molecule has 1 aromatic carbocycles. The summed E-state index contributed by atoms with van der Waals surface area (Å²) >= 11 is 18.3. The summed E-state index contributed by atoms with van der Waals surface area (Å²) in [6.07, 6.45) is 0.391. The second kappa shape index (κ2) is 8.97. The summed E-state index contributed by atoms with van der Waals surface area (Å²) in [4.78, 5) is 11.7. The Bertz CT molecular complexity index is 545. The SMILES string of the molecule is CCC(CNC(=O)OC(C)(C)C)NCc1c(Cl)ccc(Cl)c1Cl. The van der Waals surface area contributed by atoms with Crippen LogP contribution in [0.1, 0.15) is 39.7 Å². The molecule has 0 saturated carbocycles. The van der Waals surface area contributed by atoms with Crippen molar-refractivity contribution in [3.05, 3.63) is 32.8 Å². The van der Waals surface area contributed by atoms with E-state index in [1.54, 1.807) is 12.1 Å². The molecule has 0 aliphatic rings. The highest BCUT2D eigenvalue weighted by Gasteiger charge is 2.17. The van der Waals surface area contributed by atoms with Gasteiger partial charge in [-0.3, -0.25) is 0 Å². The van der Waals surface area contributed by atoms with Crippen molar-refractivity contribution in [2.45, 2.75) is 52.3 Å². The van der Waals surface area contributed by atoms with E-state index in [2.05, 4.69) is 10.6 Å². The Kier molecular flexibility index (Phi) is 7.95. The van der Waals surface area contributed by atoms with Crippen LogP contribution in [-0.2, 0) is 11.3 Å². The van der Waals surface area contributed by atoms with E-state index in [1.807, 2.05) is 27.7 Å². The molecule has 1 atom stereocenters. The van der Waals surface area contributed by atoms with Crippen LogP contribution < -0.4 is 10.6 Å². The lowest BCUT2D eigenvalue weighted by molar-refractivity contribution is 0.0522. The predicted molar refractivity (Wildman–Crippen MR) is 96.6 cm³/mol.